The molecule has 1 unspecified atom stereocenters. The van der Waals surface area contributed by atoms with E-state index in [1.807, 2.05) is 13.8 Å². The van der Waals surface area contributed by atoms with Crippen LogP contribution in [-0.4, -0.2) is 30.0 Å². The number of ether oxygens (including phenoxy) is 2. The summed E-state index contributed by atoms with van der Waals surface area (Å²) < 4.78 is 11.1. The molecule has 0 spiro atoms. The van der Waals surface area contributed by atoms with Crippen LogP contribution >= 0.6 is 11.6 Å². The molecule has 0 aliphatic carbocycles. The molecule has 3 aromatic carbocycles. The first-order valence-corrected chi connectivity index (χ1v) is 11.8. The zero-order valence-corrected chi connectivity index (χ0v) is 20.3. The molecule has 180 valence electrons. The third-order valence-corrected chi connectivity index (χ3v) is 5.91. The molecule has 1 heterocycles. The average molecular weight is 492 g/mol. The van der Waals surface area contributed by atoms with E-state index in [-0.39, 0.29) is 11.3 Å². The van der Waals surface area contributed by atoms with Gasteiger partial charge in [0.15, 0.2) is 0 Å². The first kappa shape index (κ1) is 24.4. The maximum absolute atomic E-state index is 13.2. The van der Waals surface area contributed by atoms with Crippen molar-refractivity contribution in [3.63, 3.8) is 0 Å². The van der Waals surface area contributed by atoms with Gasteiger partial charge >= 0.3 is 0 Å². The minimum absolute atomic E-state index is 0.0105. The van der Waals surface area contributed by atoms with Gasteiger partial charge in [0.25, 0.3) is 11.7 Å². The van der Waals surface area contributed by atoms with Crippen LogP contribution in [-0.2, 0) is 9.59 Å². The van der Waals surface area contributed by atoms with Crippen molar-refractivity contribution in [3.05, 3.63) is 94.5 Å². The SMILES string of the molecule is CCCOc1ccc(/C(O)=C2\C(=O)C(=O)N(c3ccc(Cl)cc3)C2c2ccc(OCC)cc2)cc1. The van der Waals surface area contributed by atoms with E-state index < -0.39 is 17.7 Å². The molecule has 1 aliphatic heterocycles. The van der Waals surface area contributed by atoms with E-state index in [1.54, 1.807) is 72.8 Å². The van der Waals surface area contributed by atoms with Crippen molar-refractivity contribution in [1.82, 2.24) is 0 Å². The van der Waals surface area contributed by atoms with Crippen LogP contribution in [0.15, 0.2) is 78.4 Å². The van der Waals surface area contributed by atoms with E-state index in [4.69, 9.17) is 21.1 Å². The highest BCUT2D eigenvalue weighted by molar-refractivity contribution is 6.51. The normalized spacial score (nSPS) is 17.0. The summed E-state index contributed by atoms with van der Waals surface area (Å²) in [5.41, 5.74) is 1.58. The first-order chi connectivity index (χ1) is 16.9. The smallest absolute Gasteiger partial charge is 0.300 e. The predicted molar refractivity (Wildman–Crippen MR) is 136 cm³/mol. The Kier molecular flexibility index (Phi) is 7.42. The first-order valence-electron chi connectivity index (χ1n) is 11.5. The number of ketones is 1. The van der Waals surface area contributed by atoms with Crippen LogP contribution in [0.1, 0.15) is 37.4 Å². The number of hydrogen-bond acceptors (Lipinski definition) is 5. The van der Waals surface area contributed by atoms with Crippen LogP contribution in [0.5, 0.6) is 11.5 Å². The lowest BCUT2D eigenvalue weighted by Gasteiger charge is -2.25. The van der Waals surface area contributed by atoms with Crippen molar-refractivity contribution >= 4 is 34.7 Å². The molecule has 0 bridgehead atoms. The summed E-state index contributed by atoms with van der Waals surface area (Å²) >= 11 is 6.04. The summed E-state index contributed by atoms with van der Waals surface area (Å²) in [6, 6.07) is 19.8. The maximum atomic E-state index is 13.2. The van der Waals surface area contributed by atoms with Crippen LogP contribution < -0.4 is 14.4 Å². The molecule has 35 heavy (non-hydrogen) atoms. The second-order valence-electron chi connectivity index (χ2n) is 8.02. The Balaban J connectivity index is 1.82. The molecule has 6 nitrogen and oxygen atoms in total. The van der Waals surface area contributed by atoms with Crippen LogP contribution in [0.25, 0.3) is 5.76 Å². The molecule has 1 fully saturated rings. The summed E-state index contributed by atoms with van der Waals surface area (Å²) in [5, 5.41) is 11.8. The lowest BCUT2D eigenvalue weighted by molar-refractivity contribution is -0.132. The van der Waals surface area contributed by atoms with Gasteiger partial charge in [-0.25, -0.2) is 0 Å². The largest absolute Gasteiger partial charge is 0.507 e. The molecule has 1 aliphatic rings. The van der Waals surface area contributed by atoms with E-state index in [2.05, 4.69) is 0 Å². The number of halogens is 1. The van der Waals surface area contributed by atoms with Crippen LogP contribution in [0.2, 0.25) is 5.02 Å². The Morgan fingerprint density at radius 3 is 2.09 bits per heavy atom. The number of aliphatic hydroxyl groups excluding tert-OH is 1. The minimum Gasteiger partial charge on any atom is -0.507 e. The number of anilines is 1. The fourth-order valence-corrected chi connectivity index (χ4v) is 4.14. The van der Waals surface area contributed by atoms with Gasteiger partial charge in [-0.3, -0.25) is 14.5 Å². The summed E-state index contributed by atoms with van der Waals surface area (Å²) in [4.78, 5) is 27.9. The number of aliphatic hydroxyl groups is 1. The van der Waals surface area contributed by atoms with Crippen molar-refractivity contribution in [3.8, 4) is 11.5 Å². The summed E-state index contributed by atoms with van der Waals surface area (Å²) in [6.45, 7) is 5.00. The highest BCUT2D eigenvalue weighted by Gasteiger charge is 2.47. The van der Waals surface area contributed by atoms with Gasteiger partial charge in [0.1, 0.15) is 17.3 Å². The van der Waals surface area contributed by atoms with Crippen molar-refractivity contribution in [1.29, 1.82) is 0 Å². The second-order valence-corrected chi connectivity index (χ2v) is 8.46. The van der Waals surface area contributed by atoms with E-state index >= 15 is 0 Å². The quantitative estimate of drug-likeness (QED) is 0.232. The van der Waals surface area contributed by atoms with E-state index in [1.165, 1.54) is 4.90 Å². The number of carbonyl (C=O) groups excluding carboxylic acids is 2. The lowest BCUT2D eigenvalue weighted by Crippen LogP contribution is -2.29. The van der Waals surface area contributed by atoms with Gasteiger partial charge in [-0.15, -0.1) is 0 Å². The number of rotatable bonds is 8. The number of carbonyl (C=O) groups is 2. The van der Waals surface area contributed by atoms with Crippen molar-refractivity contribution in [2.24, 2.45) is 0 Å². The molecule has 1 saturated heterocycles. The number of benzene rings is 3. The van der Waals surface area contributed by atoms with Gasteiger partial charge in [-0.1, -0.05) is 30.7 Å². The van der Waals surface area contributed by atoms with Gasteiger partial charge in [-0.05, 0) is 79.6 Å². The molecular formula is C28H26ClNO5. The Hall–Kier alpha value is -3.77. The standard InChI is InChI=1S/C28H26ClNO5/c1-3-17-35-23-15-7-19(8-16-23)26(31)24-25(18-5-13-22(14-6-18)34-4-2)30(28(33)27(24)32)21-11-9-20(29)10-12-21/h5-16,25,31H,3-4,17H2,1-2H3/b26-24+. The lowest BCUT2D eigenvalue weighted by atomic mass is 9.95. The summed E-state index contributed by atoms with van der Waals surface area (Å²) in [7, 11) is 0. The number of nitrogens with zero attached hydrogens (tertiary/aromatic N) is 1. The molecule has 3 aromatic rings. The topological polar surface area (TPSA) is 76.1 Å². The zero-order valence-electron chi connectivity index (χ0n) is 19.5. The summed E-state index contributed by atoms with van der Waals surface area (Å²) in [5.74, 6) is -0.408. The Bertz CT molecular complexity index is 1230. The molecule has 0 aromatic heterocycles. The van der Waals surface area contributed by atoms with Crippen molar-refractivity contribution < 1.29 is 24.2 Å². The predicted octanol–water partition coefficient (Wildman–Crippen LogP) is 6.15. The molecule has 0 saturated carbocycles. The van der Waals surface area contributed by atoms with Crippen LogP contribution in [0.4, 0.5) is 5.69 Å². The molecule has 1 atom stereocenters. The van der Waals surface area contributed by atoms with Gasteiger partial charge in [0.05, 0.1) is 24.8 Å². The third-order valence-electron chi connectivity index (χ3n) is 5.66. The number of amides is 1. The van der Waals surface area contributed by atoms with Crippen LogP contribution in [0.3, 0.4) is 0 Å². The fraction of sp³-hybridized carbons (Fsp3) is 0.214. The van der Waals surface area contributed by atoms with Gasteiger partial charge < -0.3 is 14.6 Å². The monoisotopic (exact) mass is 491 g/mol. The molecule has 0 radical (unpaired) electrons. The average Bonchev–Trinajstić information content (AvgIpc) is 3.14. The maximum Gasteiger partial charge on any atom is 0.300 e. The highest BCUT2D eigenvalue weighted by Crippen LogP contribution is 2.42. The Morgan fingerprint density at radius 2 is 1.49 bits per heavy atom. The number of Topliss-reactive ketones (excluding diaryl/α,β-unsaturated/α-hetero) is 1. The minimum atomic E-state index is -0.831. The van der Waals surface area contributed by atoms with Gasteiger partial charge in [-0.2, -0.15) is 0 Å². The molecule has 7 heteroatoms. The molecule has 1 N–H and O–H groups in total. The Morgan fingerprint density at radius 1 is 0.886 bits per heavy atom. The third kappa shape index (κ3) is 5.03. The molecular weight excluding hydrogens is 466 g/mol. The van der Waals surface area contributed by atoms with Gasteiger partial charge in [0, 0.05) is 16.3 Å². The highest BCUT2D eigenvalue weighted by atomic mass is 35.5. The van der Waals surface area contributed by atoms with Crippen molar-refractivity contribution in [2.75, 3.05) is 18.1 Å². The zero-order chi connectivity index (χ0) is 24.9. The van der Waals surface area contributed by atoms with Crippen molar-refractivity contribution in [2.45, 2.75) is 26.3 Å². The van der Waals surface area contributed by atoms with E-state index in [9.17, 15) is 14.7 Å². The van der Waals surface area contributed by atoms with E-state index in [0.717, 1.165) is 6.42 Å². The molecule has 1 amide bonds. The van der Waals surface area contributed by atoms with Crippen LogP contribution in [0, 0.1) is 0 Å². The fourth-order valence-electron chi connectivity index (χ4n) is 4.01. The Labute approximate surface area is 209 Å². The second kappa shape index (κ2) is 10.7. The van der Waals surface area contributed by atoms with Gasteiger partial charge in [0.2, 0.25) is 0 Å². The summed E-state index contributed by atoms with van der Waals surface area (Å²) in [6.07, 6.45) is 0.873. The van der Waals surface area contributed by atoms with E-state index in [0.29, 0.717) is 46.5 Å². The number of hydrogen-bond donors (Lipinski definition) is 1. The molecule has 4 rings (SSSR count).